The molecule has 5 fully saturated rings. The van der Waals surface area contributed by atoms with Crippen LogP contribution in [0.3, 0.4) is 0 Å². The normalized spacial score (nSPS) is 27.7. The number of hydrogen-bond acceptors (Lipinski definition) is 7. The third-order valence-corrected chi connectivity index (χ3v) is 8.08. The second-order valence-electron chi connectivity index (χ2n) is 10.5. The fourth-order valence-corrected chi connectivity index (χ4v) is 5.33. The Bertz CT molecular complexity index is 1130. The molecule has 3 heterocycles. The van der Waals surface area contributed by atoms with E-state index >= 15 is 0 Å². The molecule has 3 saturated carbocycles. The van der Waals surface area contributed by atoms with E-state index in [1.54, 1.807) is 6.07 Å². The van der Waals surface area contributed by atoms with Crippen molar-refractivity contribution in [1.82, 2.24) is 9.97 Å². The number of aliphatic hydroxyl groups is 1. The SMILES string of the molecule is CC(C)(O)C12CC(C1)N(c1cc(Nc3ccc(F)cc3C=N)ncn1)C2.N#CC1CC12CC2. The van der Waals surface area contributed by atoms with Crippen molar-refractivity contribution in [2.24, 2.45) is 16.7 Å². The predicted molar refractivity (Wildman–Crippen MR) is 124 cm³/mol. The van der Waals surface area contributed by atoms with Gasteiger partial charge in [-0.3, -0.25) is 0 Å². The molecule has 2 aliphatic heterocycles. The third-order valence-electron chi connectivity index (χ3n) is 8.08. The highest BCUT2D eigenvalue weighted by Gasteiger charge is 2.63. The summed E-state index contributed by atoms with van der Waals surface area (Å²) >= 11 is 0. The lowest BCUT2D eigenvalue weighted by Crippen LogP contribution is -2.50. The van der Waals surface area contributed by atoms with Crippen LogP contribution in [-0.2, 0) is 0 Å². The van der Waals surface area contributed by atoms with Crippen LogP contribution < -0.4 is 10.2 Å². The van der Waals surface area contributed by atoms with Crippen LogP contribution in [0.25, 0.3) is 0 Å². The van der Waals surface area contributed by atoms with Crippen LogP contribution in [0.15, 0.2) is 30.6 Å². The summed E-state index contributed by atoms with van der Waals surface area (Å²) < 4.78 is 13.3. The van der Waals surface area contributed by atoms with Gasteiger partial charge in [0.1, 0.15) is 23.8 Å². The Hall–Kier alpha value is -3.05. The van der Waals surface area contributed by atoms with Crippen molar-refractivity contribution in [3.63, 3.8) is 0 Å². The second kappa shape index (κ2) is 7.49. The van der Waals surface area contributed by atoms with E-state index in [9.17, 15) is 9.50 Å². The van der Waals surface area contributed by atoms with Crippen LogP contribution in [-0.4, -0.2) is 39.5 Å². The Labute approximate surface area is 193 Å². The fourth-order valence-electron chi connectivity index (χ4n) is 5.33. The molecule has 7 nitrogen and oxygen atoms in total. The number of aromatic nitrogens is 2. The third kappa shape index (κ3) is 3.84. The molecule has 2 saturated heterocycles. The Balaban J connectivity index is 0.000000274. The zero-order chi connectivity index (χ0) is 23.4. The van der Waals surface area contributed by atoms with Crippen LogP contribution in [0.4, 0.5) is 21.7 Å². The summed E-state index contributed by atoms with van der Waals surface area (Å²) in [6.07, 6.45) is 8.44. The second-order valence-corrected chi connectivity index (χ2v) is 10.5. The molecule has 8 heteroatoms. The van der Waals surface area contributed by atoms with Crippen molar-refractivity contribution < 1.29 is 9.50 Å². The lowest BCUT2D eigenvalue weighted by molar-refractivity contribution is -0.0754. The van der Waals surface area contributed by atoms with Crippen LogP contribution >= 0.6 is 0 Å². The molecular formula is C25H29FN6O. The molecule has 7 rings (SSSR count). The van der Waals surface area contributed by atoms with Crippen molar-refractivity contribution in [2.75, 3.05) is 16.8 Å². The average Bonchev–Trinajstić information content (AvgIpc) is 3.60. The van der Waals surface area contributed by atoms with E-state index in [0.717, 1.165) is 31.4 Å². The van der Waals surface area contributed by atoms with Crippen LogP contribution in [0.5, 0.6) is 0 Å². The van der Waals surface area contributed by atoms with E-state index in [1.165, 1.54) is 37.7 Å². The first-order valence-corrected chi connectivity index (χ1v) is 11.5. The van der Waals surface area contributed by atoms with Crippen molar-refractivity contribution in [2.45, 2.75) is 57.6 Å². The van der Waals surface area contributed by atoms with Gasteiger partial charge in [0.05, 0.1) is 17.6 Å². The fraction of sp³-hybridized carbons (Fsp3) is 0.520. The van der Waals surface area contributed by atoms with Gasteiger partial charge in [-0.25, -0.2) is 14.4 Å². The van der Waals surface area contributed by atoms with E-state index in [4.69, 9.17) is 10.7 Å². The first-order valence-electron chi connectivity index (χ1n) is 11.5. The molecule has 3 aliphatic carbocycles. The van der Waals surface area contributed by atoms with Gasteiger partial charge in [0.25, 0.3) is 0 Å². The summed E-state index contributed by atoms with van der Waals surface area (Å²) in [6, 6.07) is 8.79. The zero-order valence-electron chi connectivity index (χ0n) is 19.0. The number of rotatable bonds is 5. The molecule has 33 heavy (non-hydrogen) atoms. The van der Waals surface area contributed by atoms with Crippen molar-refractivity contribution in [3.05, 3.63) is 42.0 Å². The van der Waals surface area contributed by atoms with Gasteiger partial charge in [-0.1, -0.05) is 0 Å². The number of nitrogens with one attached hydrogen (secondary N) is 2. The highest BCUT2D eigenvalue weighted by molar-refractivity contribution is 5.87. The topological polar surface area (TPSA) is 109 Å². The smallest absolute Gasteiger partial charge is 0.135 e. The highest BCUT2D eigenvalue weighted by atomic mass is 19.1. The minimum atomic E-state index is -0.709. The predicted octanol–water partition coefficient (Wildman–Crippen LogP) is 4.41. The monoisotopic (exact) mass is 448 g/mol. The van der Waals surface area contributed by atoms with Crippen molar-refractivity contribution in [3.8, 4) is 6.07 Å². The minimum absolute atomic E-state index is 0.0689. The van der Waals surface area contributed by atoms with Crippen molar-refractivity contribution in [1.29, 1.82) is 10.7 Å². The number of halogens is 1. The Morgan fingerprint density at radius 2 is 2.03 bits per heavy atom. The minimum Gasteiger partial charge on any atom is -0.390 e. The van der Waals surface area contributed by atoms with Gasteiger partial charge >= 0.3 is 0 Å². The van der Waals surface area contributed by atoms with Crippen LogP contribution in [0.2, 0.25) is 0 Å². The summed E-state index contributed by atoms with van der Waals surface area (Å²) in [4.78, 5) is 10.9. The zero-order valence-corrected chi connectivity index (χ0v) is 19.0. The number of nitrogens with zero attached hydrogens (tertiary/aromatic N) is 4. The first kappa shape index (κ1) is 21.8. The quantitative estimate of drug-likeness (QED) is 0.585. The maximum absolute atomic E-state index is 13.3. The van der Waals surface area contributed by atoms with E-state index in [1.807, 2.05) is 19.9 Å². The van der Waals surface area contributed by atoms with Gasteiger partial charge in [-0.15, -0.1) is 0 Å². The molecule has 1 spiro atoms. The molecule has 172 valence electrons. The molecule has 0 amide bonds. The van der Waals surface area contributed by atoms with Gasteiger partial charge in [-0.2, -0.15) is 5.26 Å². The molecule has 1 unspecified atom stereocenters. The van der Waals surface area contributed by atoms with E-state index in [0.29, 0.717) is 34.4 Å². The maximum Gasteiger partial charge on any atom is 0.135 e. The molecule has 2 aromatic rings. The molecule has 1 aromatic carbocycles. The van der Waals surface area contributed by atoms with Crippen molar-refractivity contribution >= 4 is 23.5 Å². The molecule has 1 atom stereocenters. The molecule has 3 N–H and O–H groups in total. The van der Waals surface area contributed by atoms with Gasteiger partial charge in [0.15, 0.2) is 0 Å². The standard InChI is InChI=1S/C19H22FN5O.C6H7N/c1-18(2,26)19-7-14(8-19)25(10-19)17-6-16(22-11-23-17)24-15-4-3-13(20)5-12(15)9-21;7-4-5-3-6(5)1-2-6/h3-6,9,11,14,21,26H,7-8,10H2,1-2H3,(H,22,23,24);5H,1-3H2. The Kier molecular flexibility index (Phi) is 4.94. The van der Waals surface area contributed by atoms with E-state index < -0.39 is 5.60 Å². The maximum atomic E-state index is 13.3. The largest absolute Gasteiger partial charge is 0.390 e. The van der Waals surface area contributed by atoms with E-state index in [-0.39, 0.29) is 11.2 Å². The Morgan fingerprint density at radius 3 is 2.58 bits per heavy atom. The number of fused-ring (bicyclic) bond motifs is 1. The number of benzene rings is 1. The van der Waals surface area contributed by atoms with E-state index in [2.05, 4.69) is 26.3 Å². The van der Waals surface area contributed by atoms with Gasteiger partial charge in [-0.05, 0) is 69.6 Å². The molecular weight excluding hydrogens is 419 g/mol. The van der Waals surface area contributed by atoms with Gasteiger partial charge in [0, 0.05) is 41.5 Å². The lowest BCUT2D eigenvalue weighted by atomic mass is 9.61. The summed E-state index contributed by atoms with van der Waals surface area (Å²) in [5, 5.41) is 29.4. The molecule has 1 aromatic heterocycles. The lowest BCUT2D eigenvalue weighted by Gasteiger charge is -2.45. The summed E-state index contributed by atoms with van der Waals surface area (Å²) in [6.45, 7) is 4.54. The van der Waals surface area contributed by atoms with Gasteiger partial charge in [0.2, 0.25) is 0 Å². The summed E-state index contributed by atoms with van der Waals surface area (Å²) in [5.41, 5.74) is 0.897. The summed E-state index contributed by atoms with van der Waals surface area (Å²) in [7, 11) is 0. The number of hydrogen-bond donors (Lipinski definition) is 3. The summed E-state index contributed by atoms with van der Waals surface area (Å²) in [5.74, 6) is 1.49. The first-order chi connectivity index (χ1) is 15.7. The molecule has 0 radical (unpaired) electrons. The highest BCUT2D eigenvalue weighted by Crippen LogP contribution is 2.70. The number of nitriles is 1. The molecule has 2 bridgehead atoms. The average molecular weight is 449 g/mol. The molecule has 5 aliphatic rings. The van der Waals surface area contributed by atoms with Gasteiger partial charge < -0.3 is 20.7 Å². The number of anilines is 3. The van der Waals surface area contributed by atoms with Crippen LogP contribution in [0, 0.1) is 39.3 Å². The van der Waals surface area contributed by atoms with Crippen LogP contribution in [0.1, 0.15) is 51.5 Å². The Morgan fingerprint density at radius 1 is 1.27 bits per heavy atom.